The molecular weight excluding hydrogens is 420 g/mol. The number of hydrogen-bond donors (Lipinski definition) is 2. The van der Waals surface area contributed by atoms with Crippen LogP contribution in [-0.4, -0.2) is 33.7 Å². The Hall–Kier alpha value is -3.95. The zero-order valence-corrected chi connectivity index (χ0v) is 17.9. The lowest BCUT2D eigenvalue weighted by molar-refractivity contribution is -0.384. The van der Waals surface area contributed by atoms with Crippen LogP contribution < -0.4 is 5.32 Å². The van der Waals surface area contributed by atoms with Crippen LogP contribution in [0.4, 0.5) is 10.5 Å². The van der Waals surface area contributed by atoms with Gasteiger partial charge in [0.05, 0.1) is 11.3 Å². The molecule has 0 aliphatic carbocycles. The Morgan fingerprint density at radius 3 is 2.12 bits per heavy atom. The standard InChI is InChI=1S/C22H24N2O8/c1-21(2,3)32-20(28)23-22(19(26)27,16-9-11-17(12-10-16)24(29)30)13-18(25)31-14-15-7-5-4-6-8-15/h4-12H,13-14H2,1-3H3,(H,23,28)(H,26,27)/t22-/m1/s1. The lowest BCUT2D eigenvalue weighted by atomic mass is 9.86. The van der Waals surface area contributed by atoms with Crippen molar-refractivity contribution < 1.29 is 33.9 Å². The van der Waals surface area contributed by atoms with Gasteiger partial charge in [0.25, 0.3) is 5.69 Å². The number of carboxylic acid groups (broad SMARTS) is 1. The summed E-state index contributed by atoms with van der Waals surface area (Å²) in [7, 11) is 0. The second kappa shape index (κ2) is 9.90. The summed E-state index contributed by atoms with van der Waals surface area (Å²) in [6.07, 6.45) is -1.85. The maximum absolute atomic E-state index is 12.6. The summed E-state index contributed by atoms with van der Waals surface area (Å²) in [6, 6.07) is 13.2. The van der Waals surface area contributed by atoms with Crippen LogP contribution in [0.25, 0.3) is 0 Å². The average Bonchev–Trinajstić information content (AvgIpc) is 2.71. The smallest absolute Gasteiger partial charge is 0.408 e. The molecule has 0 unspecified atom stereocenters. The van der Waals surface area contributed by atoms with Crippen LogP contribution in [0.15, 0.2) is 54.6 Å². The maximum Gasteiger partial charge on any atom is 0.408 e. The predicted molar refractivity (Wildman–Crippen MR) is 113 cm³/mol. The van der Waals surface area contributed by atoms with E-state index in [-0.39, 0.29) is 17.9 Å². The average molecular weight is 444 g/mol. The molecule has 2 N–H and O–H groups in total. The first-order valence-electron chi connectivity index (χ1n) is 9.62. The van der Waals surface area contributed by atoms with Crippen LogP contribution in [0.2, 0.25) is 0 Å². The molecule has 2 aromatic carbocycles. The largest absolute Gasteiger partial charge is 0.479 e. The third-order valence-electron chi connectivity index (χ3n) is 4.30. The summed E-state index contributed by atoms with van der Waals surface area (Å²) in [6.45, 7) is 4.68. The quantitative estimate of drug-likeness (QED) is 0.357. The van der Waals surface area contributed by atoms with Crippen LogP contribution in [-0.2, 0) is 31.2 Å². The molecule has 0 aliphatic rings. The van der Waals surface area contributed by atoms with E-state index >= 15 is 0 Å². The number of nitro groups is 1. The number of aliphatic carboxylic acids is 1. The Kier molecular flexibility index (Phi) is 7.53. The van der Waals surface area contributed by atoms with E-state index in [0.717, 1.165) is 24.3 Å². The highest BCUT2D eigenvalue weighted by Crippen LogP contribution is 2.29. The molecule has 2 rings (SSSR count). The molecule has 0 fully saturated rings. The van der Waals surface area contributed by atoms with Crippen molar-refractivity contribution in [3.63, 3.8) is 0 Å². The summed E-state index contributed by atoms with van der Waals surface area (Å²) in [4.78, 5) is 47.6. The van der Waals surface area contributed by atoms with E-state index in [0.29, 0.717) is 5.56 Å². The molecule has 2 aromatic rings. The number of nitrogens with one attached hydrogen (secondary N) is 1. The molecule has 1 atom stereocenters. The summed E-state index contributed by atoms with van der Waals surface area (Å²) >= 11 is 0. The van der Waals surface area contributed by atoms with Crippen molar-refractivity contribution in [2.24, 2.45) is 0 Å². The summed E-state index contributed by atoms with van der Waals surface area (Å²) in [5.74, 6) is -2.46. The number of alkyl carbamates (subject to hydrolysis) is 1. The molecule has 10 heteroatoms. The van der Waals surface area contributed by atoms with Crippen molar-refractivity contribution >= 4 is 23.7 Å². The number of carboxylic acids is 1. The Bertz CT molecular complexity index is 983. The highest BCUT2D eigenvalue weighted by Gasteiger charge is 2.46. The van der Waals surface area contributed by atoms with Crippen molar-refractivity contribution in [1.82, 2.24) is 5.32 Å². The van der Waals surface area contributed by atoms with Crippen LogP contribution in [0.5, 0.6) is 0 Å². The van der Waals surface area contributed by atoms with Gasteiger partial charge in [0.15, 0.2) is 5.54 Å². The van der Waals surface area contributed by atoms with Crippen LogP contribution in [0.3, 0.4) is 0 Å². The van der Waals surface area contributed by atoms with E-state index in [1.165, 1.54) is 0 Å². The second-order valence-electron chi connectivity index (χ2n) is 7.96. The van der Waals surface area contributed by atoms with Crippen LogP contribution in [0.1, 0.15) is 38.3 Å². The molecule has 0 spiro atoms. The minimum Gasteiger partial charge on any atom is -0.479 e. The lowest BCUT2D eigenvalue weighted by Gasteiger charge is -2.31. The monoisotopic (exact) mass is 444 g/mol. The van der Waals surface area contributed by atoms with Gasteiger partial charge in [-0.25, -0.2) is 9.59 Å². The van der Waals surface area contributed by atoms with E-state index in [1.54, 1.807) is 51.1 Å². The van der Waals surface area contributed by atoms with E-state index < -0.39 is 40.5 Å². The van der Waals surface area contributed by atoms with Crippen LogP contribution in [0, 0.1) is 10.1 Å². The van der Waals surface area contributed by atoms with E-state index in [2.05, 4.69) is 5.32 Å². The Morgan fingerprint density at radius 2 is 1.62 bits per heavy atom. The van der Waals surface area contributed by atoms with Crippen LogP contribution >= 0.6 is 0 Å². The molecule has 0 aromatic heterocycles. The Labute approximate surface area is 184 Å². The van der Waals surface area contributed by atoms with Gasteiger partial charge in [-0.15, -0.1) is 0 Å². The number of carbonyl (C=O) groups is 3. The Balaban J connectivity index is 2.36. The van der Waals surface area contributed by atoms with Gasteiger partial charge >= 0.3 is 18.0 Å². The highest BCUT2D eigenvalue weighted by molar-refractivity contribution is 5.90. The molecule has 10 nitrogen and oxygen atoms in total. The molecule has 0 radical (unpaired) electrons. The Morgan fingerprint density at radius 1 is 1.03 bits per heavy atom. The third-order valence-corrected chi connectivity index (χ3v) is 4.30. The van der Waals surface area contributed by atoms with E-state index in [4.69, 9.17) is 9.47 Å². The van der Waals surface area contributed by atoms with Gasteiger partial charge < -0.3 is 19.9 Å². The van der Waals surface area contributed by atoms with E-state index in [1.807, 2.05) is 0 Å². The van der Waals surface area contributed by atoms with Gasteiger partial charge in [0.1, 0.15) is 12.2 Å². The number of carbonyl (C=O) groups excluding carboxylic acids is 2. The fourth-order valence-corrected chi connectivity index (χ4v) is 2.82. The summed E-state index contributed by atoms with van der Waals surface area (Å²) in [5.41, 5.74) is -2.85. The number of esters is 1. The first kappa shape index (κ1) is 24.3. The lowest BCUT2D eigenvalue weighted by Crippen LogP contribution is -2.54. The number of nitrogens with zero attached hydrogens (tertiary/aromatic N) is 1. The first-order valence-corrected chi connectivity index (χ1v) is 9.62. The van der Waals surface area contributed by atoms with Crippen molar-refractivity contribution in [2.75, 3.05) is 0 Å². The number of rotatable bonds is 8. The molecular formula is C22H24N2O8. The molecule has 32 heavy (non-hydrogen) atoms. The van der Waals surface area contributed by atoms with Crippen molar-refractivity contribution in [3.05, 3.63) is 75.8 Å². The van der Waals surface area contributed by atoms with Crippen molar-refractivity contribution in [3.8, 4) is 0 Å². The van der Waals surface area contributed by atoms with Crippen molar-refractivity contribution in [1.29, 1.82) is 0 Å². The fraction of sp³-hybridized carbons (Fsp3) is 0.318. The zero-order chi connectivity index (χ0) is 23.9. The molecule has 0 heterocycles. The normalized spacial score (nSPS) is 12.8. The molecule has 0 aliphatic heterocycles. The van der Waals surface area contributed by atoms with Gasteiger partial charge in [-0.05, 0) is 44.0 Å². The highest BCUT2D eigenvalue weighted by atomic mass is 16.6. The van der Waals surface area contributed by atoms with Gasteiger partial charge in [0, 0.05) is 12.1 Å². The number of non-ortho nitro benzene ring substituents is 1. The van der Waals surface area contributed by atoms with E-state index in [9.17, 15) is 29.6 Å². The number of benzene rings is 2. The minimum absolute atomic E-state index is 0.0573. The zero-order valence-electron chi connectivity index (χ0n) is 17.9. The van der Waals surface area contributed by atoms with Gasteiger partial charge in [0.2, 0.25) is 0 Å². The topological polar surface area (TPSA) is 145 Å². The second-order valence-corrected chi connectivity index (χ2v) is 7.96. The number of ether oxygens (including phenoxy) is 2. The predicted octanol–water partition coefficient (Wildman–Crippen LogP) is 3.53. The van der Waals surface area contributed by atoms with Crippen molar-refractivity contribution in [2.45, 2.75) is 44.9 Å². The fourth-order valence-electron chi connectivity index (χ4n) is 2.82. The summed E-state index contributed by atoms with van der Waals surface area (Å²) in [5, 5.41) is 23.2. The summed E-state index contributed by atoms with van der Waals surface area (Å²) < 4.78 is 10.4. The SMILES string of the molecule is CC(C)(C)OC(=O)N[C@@](CC(=O)OCc1ccccc1)(C(=O)O)c1ccc([N+](=O)[O-])cc1. The number of amides is 1. The molecule has 0 saturated heterocycles. The first-order chi connectivity index (χ1) is 14.9. The number of hydrogen-bond acceptors (Lipinski definition) is 7. The number of nitro benzene ring substituents is 1. The van der Waals surface area contributed by atoms with Gasteiger partial charge in [-0.1, -0.05) is 30.3 Å². The molecule has 0 saturated carbocycles. The third kappa shape index (κ3) is 6.53. The molecule has 0 bridgehead atoms. The minimum atomic E-state index is -2.27. The van der Waals surface area contributed by atoms with Gasteiger partial charge in [-0.3, -0.25) is 14.9 Å². The maximum atomic E-state index is 12.6. The van der Waals surface area contributed by atoms with Gasteiger partial charge in [-0.2, -0.15) is 0 Å². The molecule has 1 amide bonds. The molecule has 170 valence electrons.